The monoisotopic (exact) mass is 313 g/mol. The van der Waals surface area contributed by atoms with Crippen LogP contribution in [0.1, 0.15) is 41.1 Å². The molecule has 0 bridgehead atoms. The summed E-state index contributed by atoms with van der Waals surface area (Å²) in [5.41, 5.74) is 6.16. The molecule has 0 radical (unpaired) electrons. The van der Waals surface area contributed by atoms with Crippen molar-refractivity contribution in [1.29, 1.82) is 0 Å². The number of rotatable bonds is 3. The van der Waals surface area contributed by atoms with Crippen molar-refractivity contribution >= 4 is 17.0 Å². The maximum absolute atomic E-state index is 5.67. The maximum atomic E-state index is 5.67. The highest BCUT2D eigenvalue weighted by molar-refractivity contribution is 7.09. The number of hydroxylamine groups is 1. The smallest absolute Gasteiger partial charge is 0.131 e. The third-order valence-electron chi connectivity index (χ3n) is 4.23. The van der Waals surface area contributed by atoms with Gasteiger partial charge in [-0.1, -0.05) is 30.3 Å². The summed E-state index contributed by atoms with van der Waals surface area (Å²) in [6.45, 7) is 2.19. The van der Waals surface area contributed by atoms with Crippen LogP contribution in [0.25, 0.3) is 5.70 Å². The Balaban J connectivity index is 1.52. The van der Waals surface area contributed by atoms with Crippen LogP contribution in [0.5, 0.6) is 0 Å². The van der Waals surface area contributed by atoms with E-state index < -0.39 is 0 Å². The second kappa shape index (κ2) is 6.20. The maximum Gasteiger partial charge on any atom is 0.131 e. The lowest BCUT2D eigenvalue weighted by Gasteiger charge is -2.20. The van der Waals surface area contributed by atoms with Gasteiger partial charge < -0.3 is 5.32 Å². The number of aromatic nitrogens is 1. The molecule has 1 fully saturated rings. The molecule has 4 rings (SSSR count). The van der Waals surface area contributed by atoms with Crippen molar-refractivity contribution in [3.63, 3.8) is 0 Å². The number of benzene rings is 1. The van der Waals surface area contributed by atoms with Crippen LogP contribution in [0, 0.1) is 0 Å². The van der Waals surface area contributed by atoms with Crippen LogP contribution in [0.15, 0.2) is 41.8 Å². The van der Waals surface area contributed by atoms with Gasteiger partial charge in [0.2, 0.25) is 0 Å². The molecule has 2 aliphatic rings. The van der Waals surface area contributed by atoms with Gasteiger partial charge in [0, 0.05) is 11.3 Å². The molecule has 4 nitrogen and oxygen atoms in total. The summed E-state index contributed by atoms with van der Waals surface area (Å²) < 4.78 is 0. The van der Waals surface area contributed by atoms with Crippen molar-refractivity contribution < 1.29 is 4.84 Å². The van der Waals surface area contributed by atoms with E-state index in [1.807, 2.05) is 18.2 Å². The molecule has 1 aromatic heterocycles. The molecule has 1 unspecified atom stereocenters. The van der Waals surface area contributed by atoms with E-state index in [2.05, 4.69) is 34.4 Å². The molecule has 2 N–H and O–H groups in total. The summed E-state index contributed by atoms with van der Waals surface area (Å²) in [7, 11) is 0. The number of piperidine rings is 1. The van der Waals surface area contributed by atoms with E-state index in [-0.39, 0.29) is 6.10 Å². The zero-order chi connectivity index (χ0) is 14.8. The van der Waals surface area contributed by atoms with Crippen LogP contribution in [0.3, 0.4) is 0 Å². The average Bonchev–Trinajstić information content (AvgIpc) is 3.26. The summed E-state index contributed by atoms with van der Waals surface area (Å²) in [5, 5.41) is 6.79. The predicted molar refractivity (Wildman–Crippen MR) is 88.3 cm³/mol. The Bertz CT molecular complexity index is 662. The van der Waals surface area contributed by atoms with Gasteiger partial charge in [0.05, 0.1) is 16.4 Å². The van der Waals surface area contributed by atoms with Crippen molar-refractivity contribution in [3.05, 3.63) is 58.1 Å². The molecule has 5 heteroatoms. The number of thiazole rings is 1. The van der Waals surface area contributed by atoms with Gasteiger partial charge in [0.15, 0.2) is 0 Å². The van der Waals surface area contributed by atoms with Gasteiger partial charge in [-0.15, -0.1) is 11.3 Å². The molecule has 0 spiro atoms. The van der Waals surface area contributed by atoms with E-state index >= 15 is 0 Å². The number of nitrogens with zero attached hydrogens (tertiary/aromatic N) is 1. The van der Waals surface area contributed by atoms with Crippen molar-refractivity contribution in [1.82, 2.24) is 15.8 Å². The molecular weight excluding hydrogens is 294 g/mol. The lowest BCUT2D eigenvalue weighted by Crippen LogP contribution is -2.26. The summed E-state index contributed by atoms with van der Waals surface area (Å²) in [6, 6.07) is 10.2. The number of hydrogen-bond acceptors (Lipinski definition) is 5. The molecule has 22 heavy (non-hydrogen) atoms. The Morgan fingerprint density at radius 2 is 1.95 bits per heavy atom. The van der Waals surface area contributed by atoms with E-state index in [1.165, 1.54) is 17.8 Å². The van der Waals surface area contributed by atoms with Gasteiger partial charge in [-0.05, 0) is 37.6 Å². The molecule has 2 aliphatic heterocycles. The fourth-order valence-corrected chi connectivity index (χ4v) is 3.95. The van der Waals surface area contributed by atoms with Gasteiger partial charge >= 0.3 is 0 Å². The van der Waals surface area contributed by atoms with Gasteiger partial charge in [-0.3, -0.25) is 10.3 Å². The Labute approximate surface area is 134 Å². The zero-order valence-corrected chi connectivity index (χ0v) is 13.1. The average molecular weight is 313 g/mol. The Kier molecular flexibility index (Phi) is 3.93. The molecular formula is C17H19N3OS. The van der Waals surface area contributed by atoms with E-state index in [0.717, 1.165) is 30.0 Å². The Morgan fingerprint density at radius 3 is 2.77 bits per heavy atom. The van der Waals surface area contributed by atoms with Gasteiger partial charge in [0.1, 0.15) is 6.10 Å². The first-order valence-electron chi connectivity index (χ1n) is 7.75. The van der Waals surface area contributed by atoms with E-state index in [9.17, 15) is 0 Å². The molecule has 2 aromatic rings. The predicted octanol–water partition coefficient (Wildman–Crippen LogP) is 3.23. The molecule has 0 aliphatic carbocycles. The van der Waals surface area contributed by atoms with Crippen molar-refractivity contribution in [2.75, 3.05) is 13.1 Å². The Hall–Kier alpha value is -1.69. The zero-order valence-electron chi connectivity index (χ0n) is 12.3. The highest BCUT2D eigenvalue weighted by Crippen LogP contribution is 2.32. The fraction of sp³-hybridized carbons (Fsp3) is 0.353. The summed E-state index contributed by atoms with van der Waals surface area (Å²) in [6.07, 6.45) is 4.43. The summed E-state index contributed by atoms with van der Waals surface area (Å²) in [4.78, 5) is 10.5. The first-order valence-corrected chi connectivity index (χ1v) is 8.63. The van der Waals surface area contributed by atoms with Crippen LogP contribution in [-0.2, 0) is 4.84 Å². The molecule has 1 aromatic carbocycles. The highest BCUT2D eigenvalue weighted by atomic mass is 32.1. The van der Waals surface area contributed by atoms with Crippen molar-refractivity contribution in [3.8, 4) is 0 Å². The minimum absolute atomic E-state index is 0.0415. The molecule has 1 atom stereocenters. The Morgan fingerprint density at radius 1 is 1.14 bits per heavy atom. The fourth-order valence-electron chi connectivity index (χ4n) is 2.96. The summed E-state index contributed by atoms with van der Waals surface area (Å²) >= 11 is 1.76. The third-order valence-corrected chi connectivity index (χ3v) is 5.24. The summed E-state index contributed by atoms with van der Waals surface area (Å²) in [5.74, 6) is 0.604. The lowest BCUT2D eigenvalue weighted by atomic mass is 9.99. The molecule has 1 saturated heterocycles. The second-order valence-corrected chi connectivity index (χ2v) is 6.62. The quantitative estimate of drug-likeness (QED) is 0.913. The van der Waals surface area contributed by atoms with Crippen LogP contribution in [0.2, 0.25) is 0 Å². The standard InChI is InChI=1S/C17H19N3OS/c1-2-4-12(5-3-1)16-10-14(20-21-16)15-11-22-17(19-15)13-6-8-18-9-7-13/h1-5,10-11,13,16,18,20H,6-9H2. The molecule has 3 heterocycles. The second-order valence-electron chi connectivity index (χ2n) is 5.73. The molecule has 0 amide bonds. The van der Waals surface area contributed by atoms with E-state index in [0.29, 0.717) is 5.92 Å². The SMILES string of the molecule is C1=C(c2csc(C3CCNCC3)n2)NOC1c1ccccc1. The lowest BCUT2D eigenvalue weighted by molar-refractivity contribution is 0.0510. The molecule has 114 valence electrons. The van der Waals surface area contributed by atoms with Crippen LogP contribution in [0.4, 0.5) is 0 Å². The van der Waals surface area contributed by atoms with Gasteiger partial charge in [-0.2, -0.15) is 0 Å². The van der Waals surface area contributed by atoms with Crippen LogP contribution in [-0.4, -0.2) is 18.1 Å². The van der Waals surface area contributed by atoms with Crippen molar-refractivity contribution in [2.24, 2.45) is 0 Å². The van der Waals surface area contributed by atoms with Crippen LogP contribution >= 0.6 is 11.3 Å². The third kappa shape index (κ3) is 2.79. The van der Waals surface area contributed by atoms with Gasteiger partial charge in [-0.25, -0.2) is 4.98 Å². The normalized spacial score (nSPS) is 22.4. The largest absolute Gasteiger partial charge is 0.317 e. The minimum Gasteiger partial charge on any atom is -0.317 e. The first-order chi connectivity index (χ1) is 10.9. The number of nitrogens with one attached hydrogen (secondary N) is 2. The van der Waals surface area contributed by atoms with E-state index in [1.54, 1.807) is 11.3 Å². The topological polar surface area (TPSA) is 46.2 Å². The minimum atomic E-state index is -0.0415. The van der Waals surface area contributed by atoms with E-state index in [4.69, 9.17) is 9.82 Å². The highest BCUT2D eigenvalue weighted by Gasteiger charge is 2.23. The van der Waals surface area contributed by atoms with Crippen LogP contribution < -0.4 is 10.8 Å². The van der Waals surface area contributed by atoms with Crippen molar-refractivity contribution in [2.45, 2.75) is 24.9 Å². The molecule has 0 saturated carbocycles. The first kappa shape index (κ1) is 13.9. The number of hydrogen-bond donors (Lipinski definition) is 2. The van der Waals surface area contributed by atoms with Gasteiger partial charge in [0.25, 0.3) is 0 Å².